The fourth-order valence-electron chi connectivity index (χ4n) is 10.0. The van der Waals surface area contributed by atoms with Crippen molar-refractivity contribution in [2.24, 2.45) is 27.6 Å². The molecule has 0 spiro atoms. The van der Waals surface area contributed by atoms with Gasteiger partial charge in [-0.1, -0.05) is 26.3 Å². The summed E-state index contributed by atoms with van der Waals surface area (Å²) in [5, 5.41) is 21.9. The maximum Gasteiger partial charge on any atom is 0.306 e. The molecule has 5 aliphatic carbocycles. The van der Waals surface area contributed by atoms with Crippen molar-refractivity contribution in [3.63, 3.8) is 0 Å². The van der Waals surface area contributed by atoms with Crippen LogP contribution in [0.1, 0.15) is 72.1 Å². The van der Waals surface area contributed by atoms with Crippen molar-refractivity contribution >= 4 is 34.7 Å². The number of ether oxygens (including phenoxy) is 1. The first kappa shape index (κ1) is 28.7. The van der Waals surface area contributed by atoms with Crippen molar-refractivity contribution in [2.45, 2.75) is 83.8 Å². The zero-order valence-corrected chi connectivity index (χ0v) is 24.6. The second kappa shape index (κ2) is 9.54. The number of hydrogen-bond donors (Lipinski definition) is 3. The Morgan fingerprint density at radius 1 is 1.32 bits per heavy atom. The largest absolute Gasteiger partial charge is 0.449 e. The maximum absolute atomic E-state index is 13.5. The lowest BCUT2D eigenvalue weighted by atomic mass is 9.45. The first-order chi connectivity index (χ1) is 19.5. The standard InChI is InChI=1S/C31H37F2N3O4S/c1-4-25(38)40-31(26(39)41-17-32)10-8-22-28(31,3)13-23(37)30-16-29(22,30)9-7-19-11-21(18(14-34)12-27(19,30)2)36-20-5-6-24(33)35-15-20/h5-6,11,14-15,22-23,34,36-37H,4,7-10,12-13,16-17H2,1-3H3/p+1. The number of nitrogens with two attached hydrogens (primary N) is 1. The van der Waals surface area contributed by atoms with E-state index in [4.69, 9.17) is 10.1 Å². The van der Waals surface area contributed by atoms with Gasteiger partial charge in [0.2, 0.25) is 11.1 Å². The van der Waals surface area contributed by atoms with Crippen LogP contribution >= 0.6 is 11.8 Å². The molecule has 6 rings (SSSR count). The second-order valence-corrected chi connectivity index (χ2v) is 14.0. The Kier molecular flexibility index (Phi) is 6.67. The van der Waals surface area contributed by atoms with Crippen molar-refractivity contribution in [3.05, 3.63) is 47.2 Å². The van der Waals surface area contributed by atoms with E-state index in [9.17, 15) is 23.5 Å². The van der Waals surface area contributed by atoms with Crippen molar-refractivity contribution in [1.82, 2.24) is 4.98 Å². The van der Waals surface area contributed by atoms with Gasteiger partial charge in [-0.05, 0) is 80.2 Å². The molecule has 220 valence electrons. The topological polar surface area (TPSA) is 117 Å². The Balaban J connectivity index is 1.37. The van der Waals surface area contributed by atoms with E-state index in [1.54, 1.807) is 13.0 Å². The first-order valence-corrected chi connectivity index (χ1v) is 15.5. The summed E-state index contributed by atoms with van der Waals surface area (Å²) in [6.45, 7) is 5.88. The molecule has 1 heterocycles. The van der Waals surface area contributed by atoms with Crippen molar-refractivity contribution in [1.29, 1.82) is 5.41 Å². The van der Waals surface area contributed by atoms with Gasteiger partial charge >= 0.3 is 5.97 Å². The quantitative estimate of drug-likeness (QED) is 0.238. The number of allylic oxidation sites excluding steroid dienone is 3. The Morgan fingerprint density at radius 3 is 2.76 bits per heavy atom. The molecular weight excluding hydrogens is 548 g/mol. The number of aliphatic hydroxyl groups excluding tert-OH is 1. The smallest absolute Gasteiger partial charge is 0.306 e. The number of nitrogens with one attached hydrogen (secondary N) is 1. The van der Waals surface area contributed by atoms with Crippen LogP contribution < -0.4 is 5.32 Å². The van der Waals surface area contributed by atoms with Crippen LogP contribution in [0.5, 0.6) is 0 Å². The minimum Gasteiger partial charge on any atom is -0.449 e. The van der Waals surface area contributed by atoms with E-state index in [-0.39, 0.29) is 23.2 Å². The molecule has 7 atom stereocenters. The molecule has 0 radical (unpaired) electrons. The summed E-state index contributed by atoms with van der Waals surface area (Å²) in [4.78, 5) is 29.9. The van der Waals surface area contributed by atoms with Crippen LogP contribution in [0, 0.1) is 38.9 Å². The van der Waals surface area contributed by atoms with Crippen molar-refractivity contribution in [2.75, 3.05) is 6.01 Å². The molecule has 5 aliphatic rings. The molecule has 7 unspecified atom stereocenters. The number of nitrogens with zero attached hydrogens (tertiary/aromatic N) is 1. The van der Waals surface area contributed by atoms with Gasteiger partial charge in [0, 0.05) is 40.5 Å². The third-order valence-corrected chi connectivity index (χ3v) is 12.5. The number of alkyl halides is 1. The number of aromatic nitrogens is 1. The van der Waals surface area contributed by atoms with Crippen molar-refractivity contribution < 1.29 is 33.5 Å². The number of carbonyl (C=O) groups is 2. The number of pyridine rings is 1. The van der Waals surface area contributed by atoms with Gasteiger partial charge < -0.3 is 15.3 Å². The summed E-state index contributed by atoms with van der Waals surface area (Å²) in [7, 11) is 0. The lowest BCUT2D eigenvalue weighted by Gasteiger charge is -2.60. The molecule has 0 saturated heterocycles. The second-order valence-electron chi connectivity index (χ2n) is 13.1. The molecule has 0 aliphatic heterocycles. The molecule has 1 aromatic heterocycles. The van der Waals surface area contributed by atoms with Crippen LogP contribution in [-0.4, -0.2) is 45.1 Å². The van der Waals surface area contributed by atoms with Gasteiger partial charge in [0.1, 0.15) is 11.7 Å². The summed E-state index contributed by atoms with van der Waals surface area (Å²) in [6.07, 6.45) is 8.75. The van der Waals surface area contributed by atoms with Crippen LogP contribution in [0.2, 0.25) is 0 Å². The van der Waals surface area contributed by atoms with Gasteiger partial charge in [-0.2, -0.15) is 4.39 Å². The molecule has 10 heteroatoms. The number of carbonyl (C=O) groups excluding carboxylic acids is 2. The predicted molar refractivity (Wildman–Crippen MR) is 150 cm³/mol. The van der Waals surface area contributed by atoms with Crippen LogP contribution in [0.25, 0.3) is 0 Å². The van der Waals surface area contributed by atoms with Gasteiger partial charge in [-0.15, -0.1) is 0 Å². The molecule has 1 aromatic rings. The molecule has 0 aromatic carbocycles. The molecular formula is C31H38F2N3O4S+. The number of esters is 1. The minimum atomic E-state index is -1.46. The Labute approximate surface area is 243 Å². The Morgan fingerprint density at radius 2 is 2.10 bits per heavy atom. The summed E-state index contributed by atoms with van der Waals surface area (Å²) in [5.74, 6) is -0.984. The molecule has 4 N–H and O–H groups in total. The number of aliphatic hydroxyl groups is 1. The number of thioether (sulfide) groups is 1. The van der Waals surface area contributed by atoms with Gasteiger partial charge in [0.15, 0.2) is 11.3 Å². The van der Waals surface area contributed by atoms with Crippen LogP contribution in [0.4, 0.5) is 14.5 Å². The summed E-state index contributed by atoms with van der Waals surface area (Å²) < 4.78 is 32.8. The maximum atomic E-state index is 13.5. The lowest BCUT2D eigenvalue weighted by Crippen LogP contribution is -2.76. The van der Waals surface area contributed by atoms with Crippen LogP contribution in [0.15, 0.2) is 41.2 Å². The number of quaternary nitrogens is 1. The Bertz CT molecular complexity index is 1380. The van der Waals surface area contributed by atoms with E-state index in [0.717, 1.165) is 36.2 Å². The van der Waals surface area contributed by atoms with E-state index in [2.05, 4.69) is 18.0 Å². The highest BCUT2D eigenvalue weighted by molar-refractivity contribution is 8.13. The minimum absolute atomic E-state index is 0.0382. The van der Waals surface area contributed by atoms with Crippen LogP contribution in [0.3, 0.4) is 0 Å². The third kappa shape index (κ3) is 3.62. The average molecular weight is 587 g/mol. The zero-order valence-electron chi connectivity index (χ0n) is 23.8. The molecule has 4 saturated carbocycles. The number of hydrogen-bond acceptors (Lipinski definition) is 7. The average Bonchev–Trinajstić information content (AvgIpc) is 3.59. The SMILES string of the molecule is CCC(=O)OC1(C(=O)SCF)CCC2C1(C)CC(O)C13CC21CCC1=CC([NH2+]c2ccc(F)nc2)=C(C=N)CC13C. The monoisotopic (exact) mass is 586 g/mol. The Hall–Kier alpha value is -2.43. The summed E-state index contributed by atoms with van der Waals surface area (Å²) in [5.41, 5.74) is 0.439. The lowest BCUT2D eigenvalue weighted by molar-refractivity contribution is -0.513. The fourth-order valence-corrected chi connectivity index (χ4v) is 10.7. The van der Waals surface area contributed by atoms with Gasteiger partial charge in [0.25, 0.3) is 0 Å². The number of fused-ring (bicyclic) bond motifs is 2. The molecule has 0 amide bonds. The zero-order chi connectivity index (χ0) is 29.4. The van der Waals surface area contributed by atoms with Gasteiger partial charge in [0.05, 0.1) is 12.3 Å². The van der Waals surface area contributed by atoms with E-state index in [0.29, 0.717) is 37.4 Å². The summed E-state index contributed by atoms with van der Waals surface area (Å²) in [6, 6.07) is 2.10. The highest BCUT2D eigenvalue weighted by atomic mass is 32.2. The third-order valence-electron chi connectivity index (χ3n) is 11.8. The van der Waals surface area contributed by atoms with Gasteiger partial charge in [-0.25, -0.2) is 9.37 Å². The molecule has 4 fully saturated rings. The fraction of sp³-hybridized carbons (Fsp3) is 0.613. The van der Waals surface area contributed by atoms with Gasteiger partial charge in [-0.3, -0.25) is 14.9 Å². The van der Waals surface area contributed by atoms with E-state index >= 15 is 0 Å². The van der Waals surface area contributed by atoms with E-state index < -0.39 is 45.6 Å². The molecule has 0 bridgehead atoms. The highest BCUT2D eigenvalue weighted by Crippen LogP contribution is 2.90. The number of halogens is 2. The molecule has 7 nitrogen and oxygen atoms in total. The normalized spacial score (nSPS) is 40.5. The molecule has 41 heavy (non-hydrogen) atoms. The number of rotatable bonds is 7. The predicted octanol–water partition coefficient (Wildman–Crippen LogP) is 4.89. The van der Waals surface area contributed by atoms with Crippen LogP contribution in [-0.2, 0) is 14.3 Å². The van der Waals surface area contributed by atoms with E-state index in [1.807, 2.05) is 12.2 Å². The van der Waals surface area contributed by atoms with E-state index in [1.165, 1.54) is 24.1 Å². The summed E-state index contributed by atoms with van der Waals surface area (Å²) >= 11 is 0.565. The highest BCUT2D eigenvalue weighted by Gasteiger charge is 2.88. The van der Waals surface area contributed by atoms with Crippen molar-refractivity contribution in [3.8, 4) is 0 Å². The first-order valence-electron chi connectivity index (χ1n) is 14.5.